The number of hydrogen-bond donors (Lipinski definition) is 2. The van der Waals surface area contributed by atoms with Gasteiger partial charge in [-0.25, -0.2) is 4.39 Å². The first-order valence-corrected chi connectivity index (χ1v) is 6.04. The summed E-state index contributed by atoms with van der Waals surface area (Å²) in [6.07, 6.45) is 0.850. The number of benzene rings is 1. The van der Waals surface area contributed by atoms with Crippen LogP contribution in [0.15, 0.2) is 18.2 Å². The number of nitrogens with zero attached hydrogens (tertiary/aromatic N) is 1. The van der Waals surface area contributed by atoms with E-state index in [1.165, 1.54) is 18.2 Å². The number of carbonyl (C=O) groups excluding carboxylic acids is 1. The number of aromatic hydroxyl groups is 1. The summed E-state index contributed by atoms with van der Waals surface area (Å²) >= 11 is 0. The number of likely N-dealkylation sites (tertiary alicyclic amines) is 1. The summed E-state index contributed by atoms with van der Waals surface area (Å²) in [4.78, 5) is 13.8. The number of halogens is 1. The Kier molecular flexibility index (Phi) is 3.52. The first-order chi connectivity index (χ1) is 8.56. The lowest BCUT2D eigenvalue weighted by Crippen LogP contribution is -2.42. The zero-order valence-corrected chi connectivity index (χ0v) is 10.3. The molecule has 1 aliphatic rings. The van der Waals surface area contributed by atoms with E-state index in [4.69, 9.17) is 5.73 Å². The third kappa shape index (κ3) is 2.06. The SMILES string of the molecule is CC1CCN(C(=O)c2c(O)cccc2F)C1CN. The van der Waals surface area contributed by atoms with Gasteiger partial charge in [-0.2, -0.15) is 0 Å². The Morgan fingerprint density at radius 3 is 2.94 bits per heavy atom. The van der Waals surface area contributed by atoms with E-state index in [2.05, 4.69) is 0 Å². The maximum atomic E-state index is 13.6. The molecule has 98 valence electrons. The monoisotopic (exact) mass is 252 g/mol. The van der Waals surface area contributed by atoms with Gasteiger partial charge in [0.15, 0.2) is 0 Å². The number of amides is 1. The average molecular weight is 252 g/mol. The second kappa shape index (κ2) is 4.94. The Bertz CT molecular complexity index is 444. The molecular weight excluding hydrogens is 235 g/mol. The lowest BCUT2D eigenvalue weighted by atomic mass is 10.0. The molecule has 1 amide bonds. The molecule has 0 radical (unpaired) electrons. The van der Waals surface area contributed by atoms with E-state index in [0.29, 0.717) is 19.0 Å². The lowest BCUT2D eigenvalue weighted by molar-refractivity contribution is 0.0719. The molecule has 0 aromatic heterocycles. The molecule has 18 heavy (non-hydrogen) atoms. The van der Waals surface area contributed by atoms with Crippen LogP contribution < -0.4 is 5.73 Å². The Morgan fingerprint density at radius 2 is 2.33 bits per heavy atom. The minimum atomic E-state index is -0.699. The van der Waals surface area contributed by atoms with E-state index >= 15 is 0 Å². The molecule has 4 nitrogen and oxygen atoms in total. The van der Waals surface area contributed by atoms with E-state index in [1.807, 2.05) is 6.92 Å². The predicted molar refractivity (Wildman–Crippen MR) is 65.7 cm³/mol. The van der Waals surface area contributed by atoms with Crippen molar-refractivity contribution in [3.8, 4) is 5.75 Å². The minimum absolute atomic E-state index is 0.0866. The molecule has 1 aliphatic heterocycles. The zero-order valence-electron chi connectivity index (χ0n) is 10.3. The van der Waals surface area contributed by atoms with Gasteiger partial charge in [-0.1, -0.05) is 13.0 Å². The van der Waals surface area contributed by atoms with Crippen LogP contribution in [0, 0.1) is 11.7 Å². The fraction of sp³-hybridized carbons (Fsp3) is 0.462. The molecule has 3 N–H and O–H groups in total. The first kappa shape index (κ1) is 12.8. The van der Waals surface area contributed by atoms with Crippen LogP contribution in [0.4, 0.5) is 4.39 Å². The number of hydrogen-bond acceptors (Lipinski definition) is 3. The molecule has 2 atom stereocenters. The quantitative estimate of drug-likeness (QED) is 0.834. The van der Waals surface area contributed by atoms with Crippen molar-refractivity contribution in [2.24, 2.45) is 11.7 Å². The van der Waals surface area contributed by atoms with Crippen LogP contribution in [0.25, 0.3) is 0 Å². The Hall–Kier alpha value is -1.62. The van der Waals surface area contributed by atoms with Crippen molar-refractivity contribution in [3.63, 3.8) is 0 Å². The molecule has 1 aromatic rings. The van der Waals surface area contributed by atoms with E-state index in [0.717, 1.165) is 6.42 Å². The van der Waals surface area contributed by atoms with Crippen molar-refractivity contribution in [1.82, 2.24) is 4.90 Å². The van der Waals surface area contributed by atoms with Gasteiger partial charge >= 0.3 is 0 Å². The molecule has 0 bridgehead atoms. The topological polar surface area (TPSA) is 66.6 Å². The molecule has 0 spiro atoms. The summed E-state index contributed by atoms with van der Waals surface area (Å²) in [5, 5.41) is 9.63. The van der Waals surface area contributed by atoms with E-state index in [1.54, 1.807) is 4.90 Å². The Labute approximate surface area is 105 Å². The molecule has 2 unspecified atom stereocenters. The standard InChI is InChI=1S/C13H17FN2O2/c1-8-5-6-16(10(8)7-15)13(18)12-9(14)3-2-4-11(12)17/h2-4,8,10,17H,5-7,15H2,1H3. The van der Waals surface area contributed by atoms with Crippen LogP contribution in [-0.2, 0) is 0 Å². The van der Waals surface area contributed by atoms with E-state index in [-0.39, 0.29) is 17.4 Å². The summed E-state index contributed by atoms with van der Waals surface area (Å²) in [7, 11) is 0. The van der Waals surface area contributed by atoms with Gasteiger partial charge in [0.1, 0.15) is 17.1 Å². The second-order valence-corrected chi connectivity index (χ2v) is 4.70. The van der Waals surface area contributed by atoms with E-state index < -0.39 is 11.7 Å². The average Bonchev–Trinajstić information content (AvgIpc) is 2.69. The van der Waals surface area contributed by atoms with Gasteiger partial charge < -0.3 is 15.7 Å². The largest absolute Gasteiger partial charge is 0.507 e. The smallest absolute Gasteiger partial charge is 0.260 e. The molecular formula is C13H17FN2O2. The highest BCUT2D eigenvalue weighted by Crippen LogP contribution is 2.28. The van der Waals surface area contributed by atoms with Crippen LogP contribution in [0.2, 0.25) is 0 Å². The third-order valence-corrected chi connectivity index (χ3v) is 3.59. The fourth-order valence-corrected chi connectivity index (χ4v) is 2.49. The number of phenols is 1. The molecule has 1 aromatic carbocycles. The van der Waals surface area contributed by atoms with Gasteiger partial charge in [-0.05, 0) is 24.5 Å². The highest BCUT2D eigenvalue weighted by molar-refractivity contribution is 5.97. The first-order valence-electron chi connectivity index (χ1n) is 6.04. The normalized spacial score (nSPS) is 23.4. The molecule has 0 saturated carbocycles. The van der Waals surface area contributed by atoms with Crippen LogP contribution in [-0.4, -0.2) is 35.0 Å². The molecule has 2 rings (SSSR count). The highest BCUT2D eigenvalue weighted by Gasteiger charge is 2.35. The molecule has 5 heteroatoms. The van der Waals surface area contributed by atoms with E-state index in [9.17, 15) is 14.3 Å². The van der Waals surface area contributed by atoms with Crippen LogP contribution in [0.3, 0.4) is 0 Å². The molecule has 1 fully saturated rings. The van der Waals surface area contributed by atoms with Crippen molar-refractivity contribution in [3.05, 3.63) is 29.6 Å². The van der Waals surface area contributed by atoms with Gasteiger partial charge in [0, 0.05) is 19.1 Å². The predicted octanol–water partition coefficient (Wildman–Crippen LogP) is 1.34. The van der Waals surface area contributed by atoms with Crippen LogP contribution >= 0.6 is 0 Å². The van der Waals surface area contributed by atoms with Crippen molar-refractivity contribution < 1.29 is 14.3 Å². The highest BCUT2D eigenvalue weighted by atomic mass is 19.1. The summed E-state index contributed by atoms with van der Waals surface area (Å²) in [6.45, 7) is 2.92. The third-order valence-electron chi connectivity index (χ3n) is 3.59. The van der Waals surface area contributed by atoms with Crippen molar-refractivity contribution >= 4 is 5.91 Å². The number of phenolic OH excluding ortho intramolecular Hbond substituents is 1. The van der Waals surface area contributed by atoms with Gasteiger partial charge in [-0.15, -0.1) is 0 Å². The van der Waals surface area contributed by atoms with Gasteiger partial charge in [0.25, 0.3) is 5.91 Å². The van der Waals surface area contributed by atoms with Crippen molar-refractivity contribution in [2.75, 3.05) is 13.1 Å². The molecule has 0 aliphatic carbocycles. The second-order valence-electron chi connectivity index (χ2n) is 4.70. The minimum Gasteiger partial charge on any atom is -0.507 e. The summed E-state index contributed by atoms with van der Waals surface area (Å²) in [5.41, 5.74) is 5.40. The number of rotatable bonds is 2. The molecule has 1 saturated heterocycles. The van der Waals surface area contributed by atoms with Gasteiger partial charge in [-0.3, -0.25) is 4.79 Å². The van der Waals surface area contributed by atoms with Crippen LogP contribution in [0.5, 0.6) is 5.75 Å². The Balaban J connectivity index is 2.32. The summed E-state index contributed by atoms with van der Waals surface area (Å²) < 4.78 is 13.6. The molecule has 1 heterocycles. The van der Waals surface area contributed by atoms with Crippen molar-refractivity contribution in [1.29, 1.82) is 0 Å². The number of carbonyl (C=O) groups is 1. The maximum absolute atomic E-state index is 13.6. The van der Waals surface area contributed by atoms with Gasteiger partial charge in [0.05, 0.1) is 0 Å². The van der Waals surface area contributed by atoms with Crippen molar-refractivity contribution in [2.45, 2.75) is 19.4 Å². The van der Waals surface area contributed by atoms with Gasteiger partial charge in [0.2, 0.25) is 0 Å². The Morgan fingerprint density at radius 1 is 1.61 bits per heavy atom. The zero-order chi connectivity index (χ0) is 13.3. The summed E-state index contributed by atoms with van der Waals surface area (Å²) in [5.74, 6) is -1.20. The maximum Gasteiger partial charge on any atom is 0.260 e. The number of nitrogens with two attached hydrogens (primary N) is 1. The lowest BCUT2D eigenvalue weighted by Gasteiger charge is -2.26. The summed E-state index contributed by atoms with van der Waals surface area (Å²) in [6, 6.07) is 3.77. The van der Waals surface area contributed by atoms with Crippen LogP contribution in [0.1, 0.15) is 23.7 Å². The fourth-order valence-electron chi connectivity index (χ4n) is 2.49.